The number of hydrogen-bond donors (Lipinski definition) is 0. The molecule has 0 unspecified atom stereocenters. The Kier molecular flexibility index (Phi) is 5.48. The number of carbonyl (C=O) groups is 1. The van der Waals surface area contributed by atoms with Gasteiger partial charge in [0.1, 0.15) is 5.76 Å². The Balaban J connectivity index is 1.86. The molecule has 2 aromatic heterocycles. The minimum absolute atomic E-state index is 0.0490. The van der Waals surface area contributed by atoms with Crippen molar-refractivity contribution in [1.29, 1.82) is 0 Å². The maximum absolute atomic E-state index is 13.1. The van der Waals surface area contributed by atoms with Gasteiger partial charge in [-0.3, -0.25) is 14.9 Å². The molecule has 0 saturated carbocycles. The summed E-state index contributed by atoms with van der Waals surface area (Å²) in [5.41, 5.74) is 0.673. The van der Waals surface area contributed by atoms with Gasteiger partial charge in [0, 0.05) is 28.6 Å². The fourth-order valence-corrected chi connectivity index (χ4v) is 3.46. The minimum Gasteiger partial charge on any atom is -0.467 e. The highest BCUT2D eigenvalue weighted by molar-refractivity contribution is 7.09. The summed E-state index contributed by atoms with van der Waals surface area (Å²) in [5, 5.41) is 13.2. The Morgan fingerprint density at radius 2 is 2.08 bits per heavy atom. The maximum atomic E-state index is 13.1. The van der Waals surface area contributed by atoms with Crippen molar-refractivity contribution in [1.82, 2.24) is 4.90 Å². The van der Waals surface area contributed by atoms with E-state index >= 15 is 0 Å². The summed E-state index contributed by atoms with van der Waals surface area (Å²) in [7, 11) is 0. The molecular weight excluding hydrogens is 352 g/mol. The smallest absolute Gasteiger partial charge is 0.273 e. The molecule has 1 aromatic carbocycles. The number of nitro groups is 1. The van der Waals surface area contributed by atoms with E-state index in [1.807, 2.05) is 23.6 Å². The van der Waals surface area contributed by atoms with Crippen molar-refractivity contribution in [2.45, 2.75) is 19.9 Å². The number of furan rings is 1. The molecule has 3 aromatic rings. The lowest BCUT2D eigenvalue weighted by Gasteiger charge is -2.22. The molecule has 0 atom stereocenters. The van der Waals surface area contributed by atoms with Crippen LogP contribution in [0.25, 0.3) is 0 Å². The second-order valence-electron chi connectivity index (χ2n) is 5.84. The van der Waals surface area contributed by atoms with Crippen LogP contribution in [0.2, 0.25) is 0 Å². The van der Waals surface area contributed by atoms with Crippen molar-refractivity contribution >= 4 is 22.9 Å². The Labute approximate surface area is 154 Å². The molecule has 0 aliphatic carbocycles. The molecule has 0 aliphatic heterocycles. The molecule has 0 N–H and O–H groups in total. The topological polar surface area (TPSA) is 76.6 Å². The van der Waals surface area contributed by atoms with Crippen molar-refractivity contribution in [3.8, 4) is 0 Å². The van der Waals surface area contributed by atoms with Gasteiger partial charge in [-0.1, -0.05) is 12.1 Å². The van der Waals surface area contributed by atoms with E-state index in [9.17, 15) is 14.9 Å². The first-order chi connectivity index (χ1) is 12.6. The van der Waals surface area contributed by atoms with Crippen LogP contribution < -0.4 is 0 Å². The summed E-state index contributed by atoms with van der Waals surface area (Å²) in [6.45, 7) is 2.43. The largest absolute Gasteiger partial charge is 0.467 e. The van der Waals surface area contributed by atoms with E-state index in [2.05, 4.69) is 0 Å². The lowest BCUT2D eigenvalue weighted by atomic mass is 10.1. The molecule has 0 bridgehead atoms. The number of rotatable bonds is 7. The molecule has 1 amide bonds. The van der Waals surface area contributed by atoms with Crippen LogP contribution >= 0.6 is 11.3 Å². The Hall–Kier alpha value is -2.93. The molecule has 3 rings (SSSR count). The molecule has 26 heavy (non-hydrogen) atoms. The fraction of sp³-hybridized carbons (Fsp3) is 0.211. The van der Waals surface area contributed by atoms with Crippen LogP contribution in [0, 0.1) is 17.0 Å². The van der Waals surface area contributed by atoms with Gasteiger partial charge >= 0.3 is 0 Å². The minimum atomic E-state index is -0.464. The van der Waals surface area contributed by atoms with E-state index in [-0.39, 0.29) is 11.6 Å². The summed E-state index contributed by atoms with van der Waals surface area (Å²) >= 11 is 1.64. The van der Waals surface area contributed by atoms with E-state index in [4.69, 9.17) is 4.42 Å². The van der Waals surface area contributed by atoms with E-state index in [1.165, 1.54) is 10.9 Å². The van der Waals surface area contributed by atoms with Gasteiger partial charge in [-0.15, -0.1) is 11.3 Å². The number of nitro benzene ring substituents is 1. The molecule has 0 saturated heterocycles. The average molecular weight is 370 g/mol. The van der Waals surface area contributed by atoms with Crippen LogP contribution in [0.4, 0.5) is 5.69 Å². The average Bonchev–Trinajstić information content (AvgIpc) is 3.31. The van der Waals surface area contributed by atoms with E-state index < -0.39 is 4.92 Å². The molecule has 2 heterocycles. The third kappa shape index (κ3) is 4.00. The summed E-state index contributed by atoms with van der Waals surface area (Å²) < 4.78 is 5.38. The van der Waals surface area contributed by atoms with E-state index in [0.29, 0.717) is 30.0 Å². The SMILES string of the molecule is Cc1c(C(=O)N(CCc2cccs2)Cc2ccco2)cccc1[N+](=O)[O-]. The quantitative estimate of drug-likeness (QED) is 0.455. The number of nitrogens with zero attached hydrogens (tertiary/aromatic N) is 2. The van der Waals surface area contributed by atoms with Gasteiger partial charge in [0.25, 0.3) is 11.6 Å². The van der Waals surface area contributed by atoms with Crippen molar-refractivity contribution in [3.63, 3.8) is 0 Å². The van der Waals surface area contributed by atoms with Gasteiger partial charge in [0.05, 0.1) is 17.7 Å². The van der Waals surface area contributed by atoms with Crippen molar-refractivity contribution in [2.24, 2.45) is 0 Å². The van der Waals surface area contributed by atoms with Crippen molar-refractivity contribution in [3.05, 3.63) is 86.0 Å². The maximum Gasteiger partial charge on any atom is 0.273 e. The van der Waals surface area contributed by atoms with Crippen LogP contribution in [-0.4, -0.2) is 22.3 Å². The molecule has 0 aliphatic rings. The normalized spacial score (nSPS) is 10.7. The number of benzene rings is 1. The van der Waals surface area contributed by atoms with Crippen LogP contribution in [0.5, 0.6) is 0 Å². The Bertz CT molecular complexity index is 888. The predicted molar refractivity (Wildman–Crippen MR) is 99.3 cm³/mol. The third-order valence-electron chi connectivity index (χ3n) is 4.15. The monoisotopic (exact) mass is 370 g/mol. The highest BCUT2D eigenvalue weighted by atomic mass is 32.1. The van der Waals surface area contributed by atoms with Gasteiger partial charge in [-0.25, -0.2) is 0 Å². The van der Waals surface area contributed by atoms with Gasteiger partial charge < -0.3 is 9.32 Å². The number of carbonyl (C=O) groups excluding carboxylic acids is 1. The number of hydrogen-bond acceptors (Lipinski definition) is 5. The molecule has 7 heteroatoms. The van der Waals surface area contributed by atoms with Gasteiger partial charge in [-0.2, -0.15) is 0 Å². The standard InChI is InChI=1S/C19H18N2O4S/c1-14-17(7-2-8-18(14)21(23)24)19(22)20(13-15-5-3-11-25-15)10-9-16-6-4-12-26-16/h2-8,11-12H,9-10,13H2,1H3. The number of amides is 1. The fourth-order valence-electron chi connectivity index (χ4n) is 2.77. The lowest BCUT2D eigenvalue weighted by Crippen LogP contribution is -2.32. The van der Waals surface area contributed by atoms with Crippen LogP contribution in [0.3, 0.4) is 0 Å². The zero-order valence-corrected chi connectivity index (χ0v) is 15.1. The number of thiophene rings is 1. The summed E-state index contributed by atoms with van der Waals surface area (Å²) in [4.78, 5) is 26.6. The van der Waals surface area contributed by atoms with Crippen molar-refractivity contribution < 1.29 is 14.1 Å². The first-order valence-corrected chi connectivity index (χ1v) is 9.02. The van der Waals surface area contributed by atoms with Crippen LogP contribution in [0.1, 0.15) is 26.6 Å². The van der Waals surface area contributed by atoms with Gasteiger partial charge in [-0.05, 0) is 43.0 Å². The lowest BCUT2D eigenvalue weighted by molar-refractivity contribution is -0.385. The highest BCUT2D eigenvalue weighted by Gasteiger charge is 2.23. The summed E-state index contributed by atoms with van der Waals surface area (Å²) in [6, 6.07) is 12.2. The molecule has 0 spiro atoms. The van der Waals surface area contributed by atoms with Crippen LogP contribution in [0.15, 0.2) is 58.5 Å². The summed E-state index contributed by atoms with van der Waals surface area (Å²) in [6.07, 6.45) is 2.29. The second kappa shape index (κ2) is 7.97. The van der Waals surface area contributed by atoms with Crippen molar-refractivity contribution in [2.75, 3.05) is 6.54 Å². The second-order valence-corrected chi connectivity index (χ2v) is 6.87. The highest BCUT2D eigenvalue weighted by Crippen LogP contribution is 2.23. The molecule has 6 nitrogen and oxygen atoms in total. The molecule has 0 fully saturated rings. The van der Waals surface area contributed by atoms with Gasteiger partial charge in [0.2, 0.25) is 0 Å². The summed E-state index contributed by atoms with van der Waals surface area (Å²) in [5.74, 6) is 0.437. The predicted octanol–water partition coefficient (Wildman–Crippen LogP) is 4.44. The first-order valence-electron chi connectivity index (χ1n) is 8.14. The Morgan fingerprint density at radius 3 is 2.73 bits per heavy atom. The van der Waals surface area contributed by atoms with E-state index in [1.54, 1.807) is 47.6 Å². The van der Waals surface area contributed by atoms with E-state index in [0.717, 1.165) is 6.42 Å². The molecule has 134 valence electrons. The van der Waals surface area contributed by atoms with Crippen LogP contribution in [-0.2, 0) is 13.0 Å². The third-order valence-corrected chi connectivity index (χ3v) is 5.09. The van der Waals surface area contributed by atoms with Gasteiger partial charge in [0.15, 0.2) is 0 Å². The zero-order chi connectivity index (χ0) is 18.5. The first kappa shape index (κ1) is 17.9. The molecular formula is C19H18N2O4S. The Morgan fingerprint density at radius 1 is 1.23 bits per heavy atom. The zero-order valence-electron chi connectivity index (χ0n) is 14.3. The molecule has 0 radical (unpaired) electrons.